The van der Waals surface area contributed by atoms with E-state index in [4.69, 9.17) is 0 Å². The molecule has 0 aliphatic carbocycles. The van der Waals surface area contributed by atoms with Crippen molar-refractivity contribution in [3.8, 4) is 0 Å². The summed E-state index contributed by atoms with van der Waals surface area (Å²) in [5.74, 6) is -0.675. The lowest BCUT2D eigenvalue weighted by Crippen LogP contribution is -2.43. The molecule has 1 heterocycles. The standard InChI is InChI=1S/C21H24BrFN2O3S/c1-15(17-4-8-20(23)9-5-17)24-21(26)18-10-12-25(13-11-18)29(27,28)14-16-2-6-19(22)7-3-16/h2-9,15,18H,10-14H2,1H3,(H,24,26)/t15-/m0/s1. The Balaban J connectivity index is 1.53. The van der Waals surface area contributed by atoms with Gasteiger partial charge in [-0.05, 0) is 55.2 Å². The van der Waals surface area contributed by atoms with Gasteiger partial charge in [-0.25, -0.2) is 17.1 Å². The third-order valence-corrected chi connectivity index (χ3v) is 7.59. The lowest BCUT2D eigenvalue weighted by Gasteiger charge is -2.31. The summed E-state index contributed by atoms with van der Waals surface area (Å²) in [6.07, 6.45) is 0.975. The van der Waals surface area contributed by atoms with Crippen LogP contribution in [-0.2, 0) is 20.6 Å². The second-order valence-corrected chi connectivity index (χ2v) is 10.2. The van der Waals surface area contributed by atoms with E-state index in [1.54, 1.807) is 24.3 Å². The molecule has 1 aliphatic heterocycles. The zero-order valence-electron chi connectivity index (χ0n) is 16.1. The number of hydrogen-bond donors (Lipinski definition) is 1. The fourth-order valence-corrected chi connectivity index (χ4v) is 5.27. The van der Waals surface area contributed by atoms with Gasteiger partial charge in [-0.15, -0.1) is 0 Å². The van der Waals surface area contributed by atoms with Gasteiger partial charge in [-0.3, -0.25) is 4.79 Å². The molecule has 156 valence electrons. The van der Waals surface area contributed by atoms with Gasteiger partial charge >= 0.3 is 0 Å². The van der Waals surface area contributed by atoms with Crippen LogP contribution in [0.15, 0.2) is 53.0 Å². The molecule has 1 atom stereocenters. The van der Waals surface area contributed by atoms with E-state index in [2.05, 4.69) is 21.2 Å². The third-order valence-electron chi connectivity index (χ3n) is 5.21. The van der Waals surface area contributed by atoms with Crippen molar-refractivity contribution in [2.75, 3.05) is 13.1 Å². The lowest BCUT2D eigenvalue weighted by atomic mass is 9.96. The summed E-state index contributed by atoms with van der Waals surface area (Å²) in [7, 11) is -3.42. The van der Waals surface area contributed by atoms with Crippen LogP contribution >= 0.6 is 15.9 Å². The largest absolute Gasteiger partial charge is 0.349 e. The van der Waals surface area contributed by atoms with Gasteiger partial charge in [-0.1, -0.05) is 40.2 Å². The molecule has 1 saturated heterocycles. The number of piperidine rings is 1. The molecule has 2 aromatic carbocycles. The highest BCUT2D eigenvalue weighted by atomic mass is 79.9. The molecule has 2 aromatic rings. The molecular formula is C21H24BrFN2O3S. The van der Waals surface area contributed by atoms with Crippen molar-refractivity contribution in [1.82, 2.24) is 9.62 Å². The summed E-state index contributed by atoms with van der Waals surface area (Å²) >= 11 is 3.34. The van der Waals surface area contributed by atoms with E-state index < -0.39 is 10.0 Å². The quantitative estimate of drug-likeness (QED) is 0.676. The highest BCUT2D eigenvalue weighted by Crippen LogP contribution is 2.23. The van der Waals surface area contributed by atoms with Crippen molar-refractivity contribution < 1.29 is 17.6 Å². The predicted octanol–water partition coefficient (Wildman–Crippen LogP) is 4.01. The SMILES string of the molecule is C[C@H](NC(=O)C1CCN(S(=O)(=O)Cc2ccc(Br)cc2)CC1)c1ccc(F)cc1. The normalized spacial score (nSPS) is 17.1. The van der Waals surface area contributed by atoms with Gasteiger partial charge in [0.05, 0.1) is 11.8 Å². The van der Waals surface area contributed by atoms with Crippen LogP contribution in [0.25, 0.3) is 0 Å². The highest BCUT2D eigenvalue weighted by molar-refractivity contribution is 9.10. The zero-order valence-corrected chi connectivity index (χ0v) is 18.5. The van der Waals surface area contributed by atoms with Crippen molar-refractivity contribution in [3.63, 3.8) is 0 Å². The molecule has 3 rings (SSSR count). The van der Waals surface area contributed by atoms with E-state index in [1.807, 2.05) is 19.1 Å². The van der Waals surface area contributed by atoms with Crippen molar-refractivity contribution in [2.24, 2.45) is 5.92 Å². The van der Waals surface area contributed by atoms with Gasteiger partial charge in [-0.2, -0.15) is 0 Å². The van der Waals surface area contributed by atoms with Gasteiger partial charge in [0.15, 0.2) is 0 Å². The molecule has 0 unspecified atom stereocenters. The number of halogens is 2. The van der Waals surface area contributed by atoms with Crippen LogP contribution < -0.4 is 5.32 Å². The Bertz CT molecular complexity index is 941. The van der Waals surface area contributed by atoms with E-state index >= 15 is 0 Å². The summed E-state index contributed by atoms with van der Waals surface area (Å²) < 4.78 is 40.8. The molecule has 8 heteroatoms. The fourth-order valence-electron chi connectivity index (χ4n) is 3.44. The number of rotatable bonds is 6. The van der Waals surface area contributed by atoms with Crippen LogP contribution in [0.1, 0.15) is 36.9 Å². The van der Waals surface area contributed by atoms with Crippen LogP contribution in [0, 0.1) is 11.7 Å². The van der Waals surface area contributed by atoms with Crippen molar-refractivity contribution in [2.45, 2.75) is 31.6 Å². The number of carbonyl (C=O) groups excluding carboxylic acids is 1. The van der Waals surface area contributed by atoms with Gasteiger partial charge in [0.25, 0.3) is 0 Å². The average Bonchev–Trinajstić information content (AvgIpc) is 2.70. The average molecular weight is 483 g/mol. The second-order valence-electron chi connectivity index (χ2n) is 7.34. The Hall–Kier alpha value is -1.77. The van der Waals surface area contributed by atoms with Crippen LogP contribution in [0.5, 0.6) is 0 Å². The van der Waals surface area contributed by atoms with E-state index in [9.17, 15) is 17.6 Å². The van der Waals surface area contributed by atoms with Gasteiger partial charge in [0.2, 0.25) is 15.9 Å². The van der Waals surface area contributed by atoms with Gasteiger partial charge < -0.3 is 5.32 Å². The van der Waals surface area contributed by atoms with Crippen LogP contribution in [0.2, 0.25) is 0 Å². The number of nitrogens with one attached hydrogen (secondary N) is 1. The first-order chi connectivity index (χ1) is 13.7. The Morgan fingerprint density at radius 3 is 2.31 bits per heavy atom. The maximum Gasteiger partial charge on any atom is 0.223 e. The third kappa shape index (κ3) is 5.87. The molecule has 0 aromatic heterocycles. The van der Waals surface area contributed by atoms with E-state index in [0.717, 1.165) is 15.6 Å². The number of benzene rings is 2. The predicted molar refractivity (Wildman–Crippen MR) is 114 cm³/mol. The minimum atomic E-state index is -3.42. The minimum absolute atomic E-state index is 0.0429. The summed E-state index contributed by atoms with van der Waals surface area (Å²) in [6.45, 7) is 2.52. The van der Waals surface area contributed by atoms with E-state index in [-0.39, 0.29) is 29.4 Å². The van der Waals surface area contributed by atoms with Gasteiger partial charge in [0.1, 0.15) is 5.82 Å². The summed E-state index contributed by atoms with van der Waals surface area (Å²) in [4.78, 5) is 12.6. The molecule has 1 N–H and O–H groups in total. The van der Waals surface area contributed by atoms with Crippen molar-refractivity contribution in [1.29, 1.82) is 0 Å². The Labute approximate surface area is 179 Å². The number of hydrogen-bond acceptors (Lipinski definition) is 3. The number of sulfonamides is 1. The molecule has 0 bridgehead atoms. The maximum absolute atomic E-state index is 13.0. The fraction of sp³-hybridized carbons (Fsp3) is 0.381. The summed E-state index contributed by atoms with van der Waals surface area (Å²) in [5, 5.41) is 2.95. The van der Waals surface area contributed by atoms with Crippen molar-refractivity contribution >= 4 is 31.9 Å². The summed E-state index contributed by atoms with van der Waals surface area (Å²) in [5.41, 5.74) is 1.57. The molecule has 0 saturated carbocycles. The number of carbonyl (C=O) groups is 1. The topological polar surface area (TPSA) is 66.5 Å². The maximum atomic E-state index is 13.0. The Morgan fingerprint density at radius 2 is 1.72 bits per heavy atom. The van der Waals surface area contributed by atoms with E-state index in [1.165, 1.54) is 16.4 Å². The first-order valence-electron chi connectivity index (χ1n) is 9.53. The lowest BCUT2D eigenvalue weighted by molar-refractivity contribution is -0.126. The van der Waals surface area contributed by atoms with E-state index in [0.29, 0.717) is 25.9 Å². The monoisotopic (exact) mass is 482 g/mol. The smallest absolute Gasteiger partial charge is 0.223 e. The Kier molecular flexibility index (Phi) is 7.08. The molecule has 1 amide bonds. The summed E-state index contributed by atoms with van der Waals surface area (Å²) in [6, 6.07) is 13.0. The molecule has 5 nitrogen and oxygen atoms in total. The van der Waals surface area contributed by atoms with Crippen LogP contribution in [-0.4, -0.2) is 31.7 Å². The highest BCUT2D eigenvalue weighted by Gasteiger charge is 2.31. The molecule has 0 radical (unpaired) electrons. The zero-order chi connectivity index (χ0) is 21.0. The first kappa shape index (κ1) is 21.9. The number of amides is 1. The molecule has 29 heavy (non-hydrogen) atoms. The second kappa shape index (κ2) is 9.36. The first-order valence-corrected chi connectivity index (χ1v) is 11.9. The molecular weight excluding hydrogens is 459 g/mol. The van der Waals surface area contributed by atoms with Gasteiger partial charge in [0, 0.05) is 23.5 Å². The minimum Gasteiger partial charge on any atom is -0.349 e. The molecule has 1 aliphatic rings. The number of nitrogens with zero attached hydrogens (tertiary/aromatic N) is 1. The van der Waals surface area contributed by atoms with Crippen LogP contribution in [0.4, 0.5) is 4.39 Å². The molecule has 0 spiro atoms. The van der Waals surface area contributed by atoms with Crippen LogP contribution in [0.3, 0.4) is 0 Å². The molecule has 1 fully saturated rings. The van der Waals surface area contributed by atoms with Crippen molar-refractivity contribution in [3.05, 3.63) is 69.9 Å². The Morgan fingerprint density at radius 1 is 1.14 bits per heavy atom.